The first-order valence-corrected chi connectivity index (χ1v) is 6.36. The first-order valence-electron chi connectivity index (χ1n) is 6.36. The molecule has 0 saturated carbocycles. The molecule has 1 N–H and O–H groups in total. The summed E-state index contributed by atoms with van der Waals surface area (Å²) in [5.41, 5.74) is 2.99. The van der Waals surface area contributed by atoms with E-state index in [0.717, 1.165) is 23.3 Å². The summed E-state index contributed by atoms with van der Waals surface area (Å²) in [4.78, 5) is 11.4. The zero-order chi connectivity index (χ0) is 12.0. The van der Waals surface area contributed by atoms with Gasteiger partial charge in [0.2, 0.25) is 0 Å². The van der Waals surface area contributed by atoms with Crippen LogP contribution in [0.5, 0.6) is 0 Å². The van der Waals surface area contributed by atoms with Crippen LogP contribution in [0.1, 0.15) is 59.3 Å². The highest BCUT2D eigenvalue weighted by molar-refractivity contribution is 5.99. The molecule has 0 unspecified atom stereocenters. The smallest absolute Gasteiger partial charge is 0.251 e. The van der Waals surface area contributed by atoms with Crippen molar-refractivity contribution in [3.63, 3.8) is 0 Å². The Kier molecular flexibility index (Phi) is 5.30. The number of allylic oxidation sites excluding steroid dienone is 2. The Morgan fingerprint density at radius 3 is 2.31 bits per heavy atom. The summed E-state index contributed by atoms with van der Waals surface area (Å²) >= 11 is 0. The van der Waals surface area contributed by atoms with E-state index in [0.29, 0.717) is 0 Å². The first kappa shape index (κ1) is 13.0. The molecule has 2 heteroatoms. The molecule has 1 amide bonds. The van der Waals surface area contributed by atoms with Gasteiger partial charge in [-0.2, -0.15) is 0 Å². The van der Waals surface area contributed by atoms with Crippen molar-refractivity contribution in [2.24, 2.45) is 0 Å². The number of unbranched alkanes of at least 4 members (excludes halogenated alkanes) is 5. The summed E-state index contributed by atoms with van der Waals surface area (Å²) in [5.74, 6) is 0.0646. The van der Waals surface area contributed by atoms with Crippen molar-refractivity contribution in [1.82, 2.24) is 5.32 Å². The van der Waals surface area contributed by atoms with Crippen molar-refractivity contribution < 1.29 is 4.79 Å². The van der Waals surface area contributed by atoms with Gasteiger partial charge in [0.05, 0.1) is 0 Å². The molecule has 16 heavy (non-hydrogen) atoms. The van der Waals surface area contributed by atoms with Crippen LogP contribution in [0.3, 0.4) is 0 Å². The zero-order valence-corrected chi connectivity index (χ0v) is 10.7. The molecule has 0 aromatic rings. The number of amides is 1. The van der Waals surface area contributed by atoms with Crippen LogP contribution in [0.25, 0.3) is 0 Å². The number of carbonyl (C=O) groups excluding carboxylic acids is 1. The number of hydrogen-bond acceptors (Lipinski definition) is 1. The minimum atomic E-state index is 0.0646. The fourth-order valence-electron chi connectivity index (χ4n) is 1.88. The molecule has 0 spiro atoms. The molecule has 0 radical (unpaired) electrons. The van der Waals surface area contributed by atoms with Crippen molar-refractivity contribution in [2.75, 3.05) is 0 Å². The number of hydrogen-bond donors (Lipinski definition) is 1. The lowest BCUT2D eigenvalue weighted by Gasteiger charge is -2.01. The van der Waals surface area contributed by atoms with E-state index >= 15 is 0 Å². The highest BCUT2D eigenvalue weighted by Crippen LogP contribution is 2.20. The largest absolute Gasteiger partial charge is 0.322 e. The van der Waals surface area contributed by atoms with Gasteiger partial charge in [0, 0.05) is 11.3 Å². The van der Waals surface area contributed by atoms with Crippen LogP contribution in [0.15, 0.2) is 22.9 Å². The van der Waals surface area contributed by atoms with Crippen LogP contribution in [0.4, 0.5) is 0 Å². The first-order chi connectivity index (χ1) is 7.66. The SMILES string of the molecule is CCCCCCC/C=C1\NC(=O)C(C)=C1C. The molecule has 0 saturated heterocycles. The van der Waals surface area contributed by atoms with Gasteiger partial charge >= 0.3 is 0 Å². The van der Waals surface area contributed by atoms with E-state index in [1.807, 2.05) is 13.8 Å². The molecule has 2 nitrogen and oxygen atoms in total. The van der Waals surface area contributed by atoms with Crippen molar-refractivity contribution in [3.05, 3.63) is 22.9 Å². The topological polar surface area (TPSA) is 29.1 Å². The fourth-order valence-corrected chi connectivity index (χ4v) is 1.88. The molecule has 1 aliphatic heterocycles. The summed E-state index contributed by atoms with van der Waals surface area (Å²) in [6, 6.07) is 0. The molecule has 0 aromatic carbocycles. The Labute approximate surface area is 98.8 Å². The Balaban J connectivity index is 2.29. The quantitative estimate of drug-likeness (QED) is 0.681. The molecule has 0 fully saturated rings. The minimum Gasteiger partial charge on any atom is -0.322 e. The number of carbonyl (C=O) groups is 1. The Hall–Kier alpha value is -1.05. The molecule has 0 aliphatic carbocycles. The summed E-state index contributed by atoms with van der Waals surface area (Å²) in [5, 5.41) is 2.90. The van der Waals surface area contributed by atoms with Crippen LogP contribution in [-0.4, -0.2) is 5.91 Å². The van der Waals surface area contributed by atoms with Gasteiger partial charge in [-0.25, -0.2) is 0 Å². The van der Waals surface area contributed by atoms with E-state index in [1.54, 1.807) is 0 Å². The molecular formula is C14H23NO. The lowest BCUT2D eigenvalue weighted by Crippen LogP contribution is -2.15. The zero-order valence-electron chi connectivity index (χ0n) is 10.7. The fraction of sp³-hybridized carbons (Fsp3) is 0.643. The monoisotopic (exact) mass is 221 g/mol. The predicted molar refractivity (Wildman–Crippen MR) is 68.0 cm³/mol. The van der Waals surface area contributed by atoms with Gasteiger partial charge in [-0.15, -0.1) is 0 Å². The van der Waals surface area contributed by atoms with Gasteiger partial charge in [0.15, 0.2) is 0 Å². The normalized spacial score (nSPS) is 18.4. The number of rotatable bonds is 6. The molecule has 0 aromatic heterocycles. The van der Waals surface area contributed by atoms with E-state index in [4.69, 9.17) is 0 Å². The van der Waals surface area contributed by atoms with E-state index in [1.165, 1.54) is 32.1 Å². The van der Waals surface area contributed by atoms with Crippen molar-refractivity contribution in [2.45, 2.75) is 59.3 Å². The van der Waals surface area contributed by atoms with Gasteiger partial charge in [-0.05, 0) is 32.3 Å². The third-order valence-electron chi connectivity index (χ3n) is 3.21. The maximum absolute atomic E-state index is 11.4. The van der Waals surface area contributed by atoms with Gasteiger partial charge in [-0.1, -0.05) is 38.7 Å². The third-order valence-corrected chi connectivity index (χ3v) is 3.21. The van der Waals surface area contributed by atoms with E-state index in [9.17, 15) is 4.79 Å². The highest BCUT2D eigenvalue weighted by Gasteiger charge is 2.19. The summed E-state index contributed by atoms with van der Waals surface area (Å²) in [7, 11) is 0. The molecule has 90 valence electrons. The van der Waals surface area contributed by atoms with Crippen molar-refractivity contribution in [1.29, 1.82) is 0 Å². The molecule has 1 rings (SSSR count). The molecule has 0 bridgehead atoms. The van der Waals surface area contributed by atoms with Gasteiger partial charge in [0.25, 0.3) is 5.91 Å². The maximum atomic E-state index is 11.4. The number of nitrogens with one attached hydrogen (secondary N) is 1. The van der Waals surface area contributed by atoms with Crippen LogP contribution in [0, 0.1) is 0 Å². The average molecular weight is 221 g/mol. The third kappa shape index (κ3) is 3.51. The summed E-state index contributed by atoms with van der Waals surface area (Å²) < 4.78 is 0. The molecule has 1 aliphatic rings. The molecule has 1 heterocycles. The van der Waals surface area contributed by atoms with Crippen LogP contribution < -0.4 is 5.32 Å². The average Bonchev–Trinajstić information content (AvgIpc) is 2.51. The Morgan fingerprint density at radius 2 is 1.75 bits per heavy atom. The molecule has 0 atom stereocenters. The minimum absolute atomic E-state index is 0.0646. The van der Waals surface area contributed by atoms with E-state index < -0.39 is 0 Å². The van der Waals surface area contributed by atoms with Crippen LogP contribution in [-0.2, 0) is 4.79 Å². The van der Waals surface area contributed by atoms with Gasteiger partial charge < -0.3 is 5.32 Å². The highest BCUT2D eigenvalue weighted by atomic mass is 16.1. The second kappa shape index (κ2) is 6.51. The lowest BCUT2D eigenvalue weighted by atomic mass is 10.1. The van der Waals surface area contributed by atoms with Gasteiger partial charge in [0.1, 0.15) is 0 Å². The van der Waals surface area contributed by atoms with E-state index in [-0.39, 0.29) is 5.91 Å². The van der Waals surface area contributed by atoms with Crippen molar-refractivity contribution in [3.8, 4) is 0 Å². The predicted octanol–water partition coefficient (Wildman–Crippen LogP) is 3.70. The van der Waals surface area contributed by atoms with E-state index in [2.05, 4.69) is 18.3 Å². The maximum Gasteiger partial charge on any atom is 0.251 e. The Bertz CT molecular complexity index is 313. The second-order valence-corrected chi connectivity index (χ2v) is 4.52. The second-order valence-electron chi connectivity index (χ2n) is 4.52. The van der Waals surface area contributed by atoms with Crippen LogP contribution >= 0.6 is 0 Å². The van der Waals surface area contributed by atoms with Gasteiger partial charge in [-0.3, -0.25) is 4.79 Å². The lowest BCUT2D eigenvalue weighted by molar-refractivity contribution is -0.116. The Morgan fingerprint density at radius 1 is 1.06 bits per heavy atom. The summed E-state index contributed by atoms with van der Waals surface area (Å²) in [6.45, 7) is 6.12. The van der Waals surface area contributed by atoms with Crippen molar-refractivity contribution >= 4 is 5.91 Å². The standard InChI is InChI=1S/C14H23NO/c1-4-5-6-7-8-9-10-13-11(2)12(3)14(16)15-13/h10H,4-9H2,1-3H3,(H,15,16)/b13-10-. The van der Waals surface area contributed by atoms with Crippen LogP contribution in [0.2, 0.25) is 0 Å². The summed E-state index contributed by atoms with van der Waals surface area (Å²) in [6.07, 6.45) is 9.72. The molecular weight excluding hydrogens is 198 g/mol.